The number of benzene rings is 2. The fourth-order valence-electron chi connectivity index (χ4n) is 2.45. The van der Waals surface area contributed by atoms with Gasteiger partial charge in [-0.3, -0.25) is 4.79 Å². The van der Waals surface area contributed by atoms with E-state index < -0.39 is 18.0 Å². The normalized spacial score (nSPS) is 12.8. The van der Waals surface area contributed by atoms with Gasteiger partial charge in [0, 0.05) is 11.8 Å². The Kier molecular flexibility index (Phi) is 5.04. The van der Waals surface area contributed by atoms with Crippen molar-refractivity contribution in [3.05, 3.63) is 53.6 Å². The predicted molar refractivity (Wildman–Crippen MR) is 91.8 cm³/mol. The Balaban J connectivity index is 1.64. The summed E-state index contributed by atoms with van der Waals surface area (Å²) < 4.78 is 15.7. The monoisotopic (exact) mass is 352 g/mol. The van der Waals surface area contributed by atoms with Gasteiger partial charge in [0.2, 0.25) is 6.79 Å². The van der Waals surface area contributed by atoms with Crippen molar-refractivity contribution in [2.75, 3.05) is 12.1 Å². The molecule has 3 rings (SSSR count). The van der Waals surface area contributed by atoms with Crippen LogP contribution in [0.1, 0.15) is 22.8 Å². The van der Waals surface area contributed by atoms with Crippen LogP contribution in [0.5, 0.6) is 11.5 Å². The minimum atomic E-state index is -1.01. The van der Waals surface area contributed by atoms with Crippen LogP contribution in [0.25, 0.3) is 0 Å². The molecule has 1 atom stereocenters. The molecule has 0 aromatic heterocycles. The Morgan fingerprint density at radius 2 is 2.00 bits per heavy atom. The van der Waals surface area contributed by atoms with E-state index in [0.29, 0.717) is 22.7 Å². The van der Waals surface area contributed by atoms with Crippen molar-refractivity contribution in [1.29, 1.82) is 5.26 Å². The first-order valence-corrected chi connectivity index (χ1v) is 7.95. The van der Waals surface area contributed by atoms with Crippen molar-refractivity contribution < 1.29 is 23.8 Å². The third kappa shape index (κ3) is 3.75. The summed E-state index contributed by atoms with van der Waals surface area (Å²) in [6.07, 6.45) is -0.925. The zero-order chi connectivity index (χ0) is 18.5. The number of carbonyl (C=O) groups is 2. The first-order chi connectivity index (χ1) is 12.6. The first kappa shape index (κ1) is 17.3. The predicted octanol–water partition coefficient (Wildman–Crippen LogP) is 2.67. The van der Waals surface area contributed by atoms with Gasteiger partial charge < -0.3 is 19.5 Å². The quantitative estimate of drug-likeness (QED) is 0.831. The van der Waals surface area contributed by atoms with Gasteiger partial charge in [-0.15, -0.1) is 0 Å². The van der Waals surface area contributed by atoms with E-state index in [9.17, 15) is 9.59 Å². The van der Waals surface area contributed by atoms with Gasteiger partial charge >= 0.3 is 5.97 Å². The number of hydrogen-bond acceptors (Lipinski definition) is 6. The summed E-state index contributed by atoms with van der Waals surface area (Å²) in [5.74, 6) is 0.0219. The third-order valence-electron chi connectivity index (χ3n) is 3.80. The number of nitriles is 1. The van der Waals surface area contributed by atoms with Gasteiger partial charge in [-0.25, -0.2) is 4.79 Å². The summed E-state index contributed by atoms with van der Waals surface area (Å²) in [5, 5.41) is 11.5. The number of ether oxygens (including phenoxy) is 3. The lowest BCUT2D eigenvalue weighted by molar-refractivity contribution is -0.123. The summed E-state index contributed by atoms with van der Waals surface area (Å²) in [4.78, 5) is 24.6. The third-order valence-corrected chi connectivity index (χ3v) is 3.80. The molecule has 7 heteroatoms. The summed E-state index contributed by atoms with van der Waals surface area (Å²) in [7, 11) is 0. The number of rotatable bonds is 5. The maximum Gasteiger partial charge on any atom is 0.339 e. The molecule has 2 aromatic rings. The molecule has 26 heavy (non-hydrogen) atoms. The lowest BCUT2D eigenvalue weighted by Crippen LogP contribution is -2.30. The van der Waals surface area contributed by atoms with E-state index in [1.54, 1.807) is 42.5 Å². The Bertz CT molecular complexity index is 888. The molecule has 0 aliphatic carbocycles. The Labute approximate surface area is 150 Å². The molecule has 0 radical (unpaired) electrons. The summed E-state index contributed by atoms with van der Waals surface area (Å²) in [5.41, 5.74) is 1.34. The van der Waals surface area contributed by atoms with Crippen molar-refractivity contribution in [3.8, 4) is 17.6 Å². The van der Waals surface area contributed by atoms with E-state index in [2.05, 4.69) is 5.32 Å². The van der Waals surface area contributed by atoms with Crippen LogP contribution in [0, 0.1) is 11.3 Å². The zero-order valence-electron chi connectivity index (χ0n) is 14.0. The highest BCUT2D eigenvalue weighted by molar-refractivity contribution is 5.98. The molecule has 1 aliphatic heterocycles. The molecule has 0 spiro atoms. The smallest absolute Gasteiger partial charge is 0.339 e. The highest BCUT2D eigenvalue weighted by atomic mass is 16.7. The summed E-state index contributed by atoms with van der Waals surface area (Å²) >= 11 is 0. The number of carbonyl (C=O) groups excluding carboxylic acids is 2. The van der Waals surface area contributed by atoms with Gasteiger partial charge in [-0.05, 0) is 30.7 Å². The van der Waals surface area contributed by atoms with Crippen molar-refractivity contribution in [2.45, 2.75) is 19.4 Å². The molecule has 1 N–H and O–H groups in total. The second-order valence-electron chi connectivity index (χ2n) is 5.60. The largest absolute Gasteiger partial charge is 0.454 e. The van der Waals surface area contributed by atoms with Crippen LogP contribution in [-0.4, -0.2) is 24.8 Å². The fraction of sp³-hybridized carbons (Fsp3) is 0.211. The fourth-order valence-corrected chi connectivity index (χ4v) is 2.45. The topological polar surface area (TPSA) is 97.7 Å². The van der Waals surface area contributed by atoms with Crippen LogP contribution in [0.4, 0.5) is 5.69 Å². The maximum absolute atomic E-state index is 12.3. The molecule has 1 aliphatic rings. The highest BCUT2D eigenvalue weighted by Crippen LogP contribution is 2.34. The van der Waals surface area contributed by atoms with E-state index >= 15 is 0 Å². The van der Waals surface area contributed by atoms with E-state index in [4.69, 9.17) is 19.5 Å². The van der Waals surface area contributed by atoms with Crippen molar-refractivity contribution in [1.82, 2.24) is 0 Å². The lowest BCUT2D eigenvalue weighted by Gasteiger charge is -2.14. The first-order valence-electron chi connectivity index (χ1n) is 7.95. The van der Waals surface area contributed by atoms with E-state index in [-0.39, 0.29) is 18.8 Å². The number of anilines is 1. The molecule has 0 saturated carbocycles. The number of fused-ring (bicyclic) bond motifs is 1. The SMILES string of the molecule is CC(OC(=O)c1ccccc1CC#N)C(=O)Nc1ccc2c(c1)OCO2. The highest BCUT2D eigenvalue weighted by Gasteiger charge is 2.21. The number of hydrogen-bond donors (Lipinski definition) is 1. The number of nitrogens with zero attached hydrogens (tertiary/aromatic N) is 1. The van der Waals surface area contributed by atoms with Crippen LogP contribution in [0.3, 0.4) is 0 Å². The van der Waals surface area contributed by atoms with E-state index in [0.717, 1.165) is 0 Å². The van der Waals surface area contributed by atoms with Crippen LogP contribution in [0.15, 0.2) is 42.5 Å². The molecular weight excluding hydrogens is 336 g/mol. The molecule has 1 unspecified atom stereocenters. The zero-order valence-corrected chi connectivity index (χ0v) is 14.0. The molecule has 0 fully saturated rings. The van der Waals surface area contributed by atoms with Crippen LogP contribution < -0.4 is 14.8 Å². The maximum atomic E-state index is 12.3. The molecule has 132 valence electrons. The van der Waals surface area contributed by atoms with Crippen LogP contribution in [0.2, 0.25) is 0 Å². The van der Waals surface area contributed by atoms with Gasteiger partial charge in [0.1, 0.15) is 0 Å². The average molecular weight is 352 g/mol. The summed E-state index contributed by atoms with van der Waals surface area (Å²) in [6.45, 7) is 1.62. The second kappa shape index (κ2) is 7.57. The minimum absolute atomic E-state index is 0.0864. The molecule has 0 saturated heterocycles. The Morgan fingerprint density at radius 1 is 1.23 bits per heavy atom. The number of esters is 1. The second-order valence-corrected chi connectivity index (χ2v) is 5.60. The van der Waals surface area contributed by atoms with Crippen molar-refractivity contribution in [2.24, 2.45) is 0 Å². The van der Waals surface area contributed by atoms with Gasteiger partial charge in [0.25, 0.3) is 5.91 Å². The molecular formula is C19H16N2O5. The Hall–Kier alpha value is -3.53. The van der Waals surface area contributed by atoms with E-state index in [1.807, 2.05) is 6.07 Å². The van der Waals surface area contributed by atoms with Gasteiger partial charge in [0.15, 0.2) is 17.6 Å². The average Bonchev–Trinajstić information content (AvgIpc) is 3.10. The van der Waals surface area contributed by atoms with Gasteiger partial charge in [-0.2, -0.15) is 5.26 Å². The Morgan fingerprint density at radius 3 is 2.81 bits per heavy atom. The van der Waals surface area contributed by atoms with Gasteiger partial charge in [-0.1, -0.05) is 18.2 Å². The number of nitrogens with one attached hydrogen (secondary N) is 1. The molecule has 2 aromatic carbocycles. The molecule has 0 bridgehead atoms. The van der Waals surface area contributed by atoms with E-state index in [1.165, 1.54) is 6.92 Å². The molecule has 1 heterocycles. The summed E-state index contributed by atoms with van der Waals surface area (Å²) in [6, 6.07) is 13.6. The lowest BCUT2D eigenvalue weighted by atomic mass is 10.1. The minimum Gasteiger partial charge on any atom is -0.454 e. The molecule has 1 amide bonds. The van der Waals surface area contributed by atoms with Gasteiger partial charge in [0.05, 0.1) is 18.1 Å². The van der Waals surface area contributed by atoms with Crippen molar-refractivity contribution >= 4 is 17.6 Å². The van der Waals surface area contributed by atoms with Crippen LogP contribution in [-0.2, 0) is 16.0 Å². The van der Waals surface area contributed by atoms with Crippen LogP contribution >= 0.6 is 0 Å². The van der Waals surface area contributed by atoms with Crippen molar-refractivity contribution in [3.63, 3.8) is 0 Å². The number of amides is 1. The standard InChI is InChI=1S/C19H16N2O5/c1-12(26-19(23)15-5-3-2-4-13(15)8-9-20)18(22)21-14-6-7-16-17(10-14)25-11-24-16/h2-7,10,12H,8,11H2,1H3,(H,21,22). The molecule has 7 nitrogen and oxygen atoms in total.